The number of carbonyl (C=O) groups excluding carboxylic acids is 2. The highest BCUT2D eigenvalue weighted by atomic mass is 16.5. The Hall–Kier alpha value is -2.10. The van der Waals surface area contributed by atoms with E-state index in [0.717, 1.165) is 0 Å². The van der Waals surface area contributed by atoms with Crippen LogP contribution in [0.5, 0.6) is 0 Å². The molecule has 0 atom stereocenters. The average Bonchev–Trinajstić information content (AvgIpc) is 2.39. The van der Waals surface area contributed by atoms with Crippen LogP contribution in [0.25, 0.3) is 0 Å². The van der Waals surface area contributed by atoms with Crippen molar-refractivity contribution in [2.75, 3.05) is 19.7 Å². The topological polar surface area (TPSA) is 46.6 Å². The first-order valence-electron chi connectivity index (χ1n) is 5.79. The van der Waals surface area contributed by atoms with Crippen molar-refractivity contribution in [2.45, 2.75) is 6.92 Å². The van der Waals surface area contributed by atoms with Gasteiger partial charge in [0, 0.05) is 12.1 Å². The molecule has 1 amide bonds. The van der Waals surface area contributed by atoms with Gasteiger partial charge in [0.05, 0.1) is 6.61 Å². The lowest BCUT2D eigenvalue weighted by Gasteiger charge is -2.20. The van der Waals surface area contributed by atoms with Crippen LogP contribution in [-0.4, -0.2) is 36.5 Å². The Labute approximate surface area is 107 Å². The second-order valence-electron chi connectivity index (χ2n) is 3.65. The highest BCUT2D eigenvalue weighted by molar-refractivity contribution is 5.96. The van der Waals surface area contributed by atoms with Gasteiger partial charge in [0.1, 0.15) is 6.54 Å². The maximum absolute atomic E-state index is 12.1. The molecule has 0 N–H and O–H groups in total. The molecule has 0 radical (unpaired) electrons. The summed E-state index contributed by atoms with van der Waals surface area (Å²) >= 11 is 0. The minimum absolute atomic E-state index is 0.0619. The van der Waals surface area contributed by atoms with E-state index in [0.29, 0.717) is 18.7 Å². The van der Waals surface area contributed by atoms with Gasteiger partial charge in [-0.25, -0.2) is 0 Å². The SMILES string of the molecule is C=CCN(CC(=O)OCC)C(=O)c1ccccc1. The monoisotopic (exact) mass is 247 g/mol. The number of hydrogen-bond acceptors (Lipinski definition) is 3. The van der Waals surface area contributed by atoms with Gasteiger partial charge in [0.25, 0.3) is 5.91 Å². The largest absolute Gasteiger partial charge is 0.465 e. The summed E-state index contributed by atoms with van der Waals surface area (Å²) in [5.74, 6) is -0.618. The van der Waals surface area contributed by atoms with Crippen molar-refractivity contribution in [1.82, 2.24) is 4.90 Å². The summed E-state index contributed by atoms with van der Waals surface area (Å²) in [6.45, 7) is 5.87. The molecule has 0 aromatic heterocycles. The molecule has 18 heavy (non-hydrogen) atoms. The highest BCUT2D eigenvalue weighted by Crippen LogP contribution is 2.05. The summed E-state index contributed by atoms with van der Waals surface area (Å²) in [7, 11) is 0. The number of rotatable bonds is 6. The quantitative estimate of drug-likeness (QED) is 0.569. The van der Waals surface area contributed by atoms with Crippen molar-refractivity contribution in [3.63, 3.8) is 0 Å². The Bertz CT molecular complexity index is 414. The zero-order valence-electron chi connectivity index (χ0n) is 10.5. The minimum atomic E-state index is -0.413. The van der Waals surface area contributed by atoms with Gasteiger partial charge in [0.2, 0.25) is 0 Å². The van der Waals surface area contributed by atoms with E-state index in [1.165, 1.54) is 4.90 Å². The second kappa shape index (κ2) is 7.27. The van der Waals surface area contributed by atoms with Crippen LogP contribution in [-0.2, 0) is 9.53 Å². The minimum Gasteiger partial charge on any atom is -0.465 e. The van der Waals surface area contributed by atoms with Crippen LogP contribution in [0, 0.1) is 0 Å². The molecular weight excluding hydrogens is 230 g/mol. The third kappa shape index (κ3) is 4.05. The molecule has 0 spiro atoms. The number of benzene rings is 1. The first-order chi connectivity index (χ1) is 8.69. The van der Waals surface area contributed by atoms with Gasteiger partial charge in [-0.3, -0.25) is 9.59 Å². The van der Waals surface area contributed by atoms with Gasteiger partial charge in [-0.15, -0.1) is 6.58 Å². The van der Waals surface area contributed by atoms with Crippen LogP contribution in [0.1, 0.15) is 17.3 Å². The van der Waals surface area contributed by atoms with Crippen molar-refractivity contribution in [3.8, 4) is 0 Å². The van der Waals surface area contributed by atoms with Crippen LogP contribution in [0.4, 0.5) is 0 Å². The van der Waals surface area contributed by atoms with Crippen LogP contribution < -0.4 is 0 Å². The standard InChI is InChI=1S/C14H17NO3/c1-3-10-15(11-13(16)18-4-2)14(17)12-8-6-5-7-9-12/h3,5-9H,1,4,10-11H2,2H3. The van der Waals surface area contributed by atoms with Crippen molar-refractivity contribution in [2.24, 2.45) is 0 Å². The molecule has 1 aromatic rings. The molecule has 96 valence electrons. The smallest absolute Gasteiger partial charge is 0.325 e. The van der Waals surface area contributed by atoms with E-state index < -0.39 is 5.97 Å². The normalized spacial score (nSPS) is 9.61. The number of esters is 1. The molecule has 4 heteroatoms. The van der Waals surface area contributed by atoms with Gasteiger partial charge < -0.3 is 9.64 Å². The van der Waals surface area contributed by atoms with E-state index in [4.69, 9.17) is 4.74 Å². The zero-order chi connectivity index (χ0) is 13.4. The zero-order valence-corrected chi connectivity index (χ0v) is 10.5. The molecule has 0 heterocycles. The Morgan fingerprint density at radius 2 is 2.00 bits per heavy atom. The molecule has 0 bridgehead atoms. The third-order valence-corrected chi connectivity index (χ3v) is 2.28. The van der Waals surface area contributed by atoms with Gasteiger partial charge in [-0.05, 0) is 19.1 Å². The molecule has 1 rings (SSSR count). The number of amides is 1. The van der Waals surface area contributed by atoms with Crippen LogP contribution in [0.3, 0.4) is 0 Å². The van der Waals surface area contributed by atoms with Crippen molar-refractivity contribution in [3.05, 3.63) is 48.6 Å². The summed E-state index contributed by atoms with van der Waals surface area (Å²) in [4.78, 5) is 25.0. The second-order valence-corrected chi connectivity index (χ2v) is 3.65. The maximum Gasteiger partial charge on any atom is 0.325 e. The Morgan fingerprint density at radius 1 is 1.33 bits per heavy atom. The van der Waals surface area contributed by atoms with E-state index in [-0.39, 0.29) is 12.5 Å². The molecule has 4 nitrogen and oxygen atoms in total. The van der Waals surface area contributed by atoms with Crippen molar-refractivity contribution < 1.29 is 14.3 Å². The lowest BCUT2D eigenvalue weighted by atomic mass is 10.2. The molecule has 0 unspecified atom stereocenters. The Morgan fingerprint density at radius 3 is 2.56 bits per heavy atom. The van der Waals surface area contributed by atoms with E-state index >= 15 is 0 Å². The molecule has 0 aliphatic heterocycles. The molecule has 0 fully saturated rings. The molecular formula is C14H17NO3. The van der Waals surface area contributed by atoms with Gasteiger partial charge >= 0.3 is 5.97 Å². The molecule has 0 saturated carbocycles. The number of nitrogens with zero attached hydrogens (tertiary/aromatic N) is 1. The van der Waals surface area contributed by atoms with Crippen LogP contribution in [0.2, 0.25) is 0 Å². The number of hydrogen-bond donors (Lipinski definition) is 0. The molecule has 0 saturated heterocycles. The predicted octanol–water partition coefficient (Wildman–Crippen LogP) is 1.88. The van der Waals surface area contributed by atoms with E-state index in [9.17, 15) is 9.59 Å². The first kappa shape index (κ1) is 14.0. The maximum atomic E-state index is 12.1. The lowest BCUT2D eigenvalue weighted by Crippen LogP contribution is -2.36. The average molecular weight is 247 g/mol. The number of carbonyl (C=O) groups is 2. The first-order valence-corrected chi connectivity index (χ1v) is 5.79. The summed E-state index contributed by atoms with van der Waals surface area (Å²) in [6.07, 6.45) is 1.58. The summed E-state index contributed by atoms with van der Waals surface area (Å²) < 4.78 is 4.84. The fourth-order valence-corrected chi connectivity index (χ4v) is 1.50. The van der Waals surface area contributed by atoms with E-state index in [1.807, 2.05) is 6.07 Å². The number of ether oxygens (including phenoxy) is 1. The van der Waals surface area contributed by atoms with Crippen LogP contribution in [0.15, 0.2) is 43.0 Å². The van der Waals surface area contributed by atoms with Crippen molar-refractivity contribution >= 4 is 11.9 Å². The van der Waals surface area contributed by atoms with Gasteiger partial charge in [-0.1, -0.05) is 24.3 Å². The van der Waals surface area contributed by atoms with Crippen molar-refractivity contribution in [1.29, 1.82) is 0 Å². The fraction of sp³-hybridized carbons (Fsp3) is 0.286. The Balaban J connectivity index is 2.75. The van der Waals surface area contributed by atoms with E-state index in [2.05, 4.69) is 6.58 Å². The molecule has 0 aliphatic rings. The predicted molar refractivity (Wildman–Crippen MR) is 69.2 cm³/mol. The summed E-state index contributed by atoms with van der Waals surface area (Å²) in [5.41, 5.74) is 0.545. The fourth-order valence-electron chi connectivity index (χ4n) is 1.50. The summed E-state index contributed by atoms with van der Waals surface area (Å²) in [6, 6.07) is 8.82. The van der Waals surface area contributed by atoms with Gasteiger partial charge in [-0.2, -0.15) is 0 Å². The van der Waals surface area contributed by atoms with Gasteiger partial charge in [0.15, 0.2) is 0 Å². The highest BCUT2D eigenvalue weighted by Gasteiger charge is 2.17. The summed E-state index contributed by atoms with van der Waals surface area (Å²) in [5, 5.41) is 0. The lowest BCUT2D eigenvalue weighted by molar-refractivity contribution is -0.143. The molecule has 0 aliphatic carbocycles. The van der Waals surface area contributed by atoms with E-state index in [1.54, 1.807) is 37.3 Å². The van der Waals surface area contributed by atoms with Crippen LogP contribution >= 0.6 is 0 Å². The Kier molecular flexibility index (Phi) is 5.64. The molecule has 1 aromatic carbocycles. The third-order valence-electron chi connectivity index (χ3n) is 2.28.